The first-order valence-corrected chi connectivity index (χ1v) is 8.44. The van der Waals surface area contributed by atoms with Gasteiger partial charge in [0, 0.05) is 25.8 Å². The van der Waals surface area contributed by atoms with Crippen LogP contribution in [-0.2, 0) is 24.3 Å². The third kappa shape index (κ3) is 3.87. The number of amides is 1. The van der Waals surface area contributed by atoms with Gasteiger partial charge in [0.1, 0.15) is 11.6 Å². The number of ketones is 1. The molecular weight excluding hydrogens is 320 g/mol. The van der Waals surface area contributed by atoms with Crippen LogP contribution in [0.15, 0.2) is 18.2 Å². The zero-order valence-corrected chi connectivity index (χ0v) is 14.5. The van der Waals surface area contributed by atoms with E-state index in [9.17, 15) is 9.59 Å². The van der Waals surface area contributed by atoms with Crippen molar-refractivity contribution in [2.75, 3.05) is 7.11 Å². The molecule has 132 valence electrons. The summed E-state index contributed by atoms with van der Waals surface area (Å²) in [6, 6.07) is 5.45. The predicted octanol–water partition coefficient (Wildman–Crippen LogP) is 1.82. The van der Waals surface area contributed by atoms with Crippen molar-refractivity contribution in [3.05, 3.63) is 41.0 Å². The van der Waals surface area contributed by atoms with E-state index in [2.05, 4.69) is 15.5 Å². The lowest BCUT2D eigenvalue weighted by molar-refractivity contribution is -0.121. The van der Waals surface area contributed by atoms with Crippen molar-refractivity contribution in [2.24, 2.45) is 0 Å². The second kappa shape index (κ2) is 7.46. The van der Waals surface area contributed by atoms with E-state index in [1.165, 1.54) is 7.11 Å². The summed E-state index contributed by atoms with van der Waals surface area (Å²) in [7, 11) is 1.53. The first-order valence-electron chi connectivity index (χ1n) is 8.44. The number of fused-ring (bicyclic) bond motifs is 1. The minimum Gasteiger partial charge on any atom is -0.496 e. The maximum atomic E-state index is 12.4. The Morgan fingerprint density at radius 1 is 1.28 bits per heavy atom. The molecule has 0 spiro atoms. The number of carbonyl (C=O) groups is 2. The third-order valence-corrected chi connectivity index (χ3v) is 4.36. The molecule has 7 heteroatoms. The van der Waals surface area contributed by atoms with Gasteiger partial charge in [0.15, 0.2) is 11.6 Å². The minimum absolute atomic E-state index is 0.0981. The summed E-state index contributed by atoms with van der Waals surface area (Å²) in [6.07, 6.45) is 2.28. The van der Waals surface area contributed by atoms with E-state index >= 15 is 0 Å². The maximum Gasteiger partial charge on any atom is 0.220 e. The second-order valence-electron chi connectivity index (χ2n) is 6.19. The van der Waals surface area contributed by atoms with E-state index < -0.39 is 0 Å². The Hall–Kier alpha value is -2.70. The quantitative estimate of drug-likeness (QED) is 0.776. The number of hydrogen-bond acceptors (Lipinski definition) is 5. The first-order chi connectivity index (χ1) is 12.1. The fourth-order valence-electron chi connectivity index (χ4n) is 3.01. The summed E-state index contributed by atoms with van der Waals surface area (Å²) in [4.78, 5) is 24.4. The summed E-state index contributed by atoms with van der Waals surface area (Å²) in [5.74, 6) is 2.02. The highest BCUT2D eigenvalue weighted by molar-refractivity contribution is 6.00. The number of rotatable bonds is 7. The summed E-state index contributed by atoms with van der Waals surface area (Å²) in [5, 5.41) is 11.0. The number of methoxy groups -OCH3 is 1. The lowest BCUT2D eigenvalue weighted by Gasteiger charge is -2.09. The zero-order valence-electron chi connectivity index (χ0n) is 14.5. The number of ether oxygens (including phenoxy) is 1. The van der Waals surface area contributed by atoms with Gasteiger partial charge in [0.2, 0.25) is 5.91 Å². The van der Waals surface area contributed by atoms with Crippen molar-refractivity contribution >= 4 is 11.7 Å². The van der Waals surface area contributed by atoms with Crippen LogP contribution >= 0.6 is 0 Å². The molecule has 3 rings (SSSR count). The summed E-state index contributed by atoms with van der Waals surface area (Å²) in [5.41, 5.74) is 1.50. The van der Waals surface area contributed by atoms with Gasteiger partial charge in [-0.25, -0.2) is 0 Å². The maximum absolute atomic E-state index is 12.4. The summed E-state index contributed by atoms with van der Waals surface area (Å²) >= 11 is 0. The highest BCUT2D eigenvalue weighted by Gasteiger charge is 2.18. The summed E-state index contributed by atoms with van der Waals surface area (Å²) in [6.45, 7) is 3.16. The van der Waals surface area contributed by atoms with Crippen molar-refractivity contribution in [3.8, 4) is 5.75 Å². The van der Waals surface area contributed by atoms with Gasteiger partial charge in [-0.2, -0.15) is 0 Å². The molecule has 0 unspecified atom stereocenters. The van der Waals surface area contributed by atoms with Gasteiger partial charge >= 0.3 is 0 Å². The van der Waals surface area contributed by atoms with E-state index in [-0.39, 0.29) is 24.5 Å². The van der Waals surface area contributed by atoms with Crippen LogP contribution in [0.5, 0.6) is 5.75 Å². The van der Waals surface area contributed by atoms with Crippen molar-refractivity contribution in [2.45, 2.75) is 45.7 Å². The molecule has 2 aromatic rings. The number of carbonyl (C=O) groups excluding carboxylic acids is 2. The number of benzene rings is 1. The number of nitrogens with zero attached hydrogens (tertiary/aromatic N) is 3. The Labute approximate surface area is 146 Å². The molecule has 1 aromatic heterocycles. The van der Waals surface area contributed by atoms with Crippen LogP contribution in [0.25, 0.3) is 0 Å². The molecule has 25 heavy (non-hydrogen) atoms. The van der Waals surface area contributed by atoms with Gasteiger partial charge in [-0.3, -0.25) is 9.59 Å². The number of hydrogen-bond donors (Lipinski definition) is 1. The molecule has 0 radical (unpaired) electrons. The topological polar surface area (TPSA) is 86.1 Å². The van der Waals surface area contributed by atoms with Crippen LogP contribution in [0.3, 0.4) is 0 Å². The molecule has 1 amide bonds. The van der Waals surface area contributed by atoms with Crippen molar-refractivity contribution in [1.82, 2.24) is 20.1 Å². The average molecular weight is 342 g/mol. The van der Waals surface area contributed by atoms with Crippen LogP contribution in [0.4, 0.5) is 0 Å². The van der Waals surface area contributed by atoms with E-state index in [1.807, 2.05) is 17.6 Å². The van der Waals surface area contributed by atoms with Crippen LogP contribution in [0.2, 0.25) is 0 Å². The molecule has 0 aliphatic carbocycles. The zero-order chi connectivity index (χ0) is 17.8. The smallest absolute Gasteiger partial charge is 0.220 e. The highest BCUT2D eigenvalue weighted by Crippen LogP contribution is 2.21. The number of aryl methyl sites for hydroxylation is 2. The molecule has 0 bridgehead atoms. The molecule has 1 aromatic carbocycles. The predicted molar refractivity (Wildman–Crippen MR) is 91.5 cm³/mol. The van der Waals surface area contributed by atoms with Crippen molar-refractivity contribution < 1.29 is 14.3 Å². The molecule has 7 nitrogen and oxygen atoms in total. The Balaban J connectivity index is 1.52. The van der Waals surface area contributed by atoms with Crippen LogP contribution in [0, 0.1) is 6.92 Å². The molecular formula is C18H22N4O3. The largest absolute Gasteiger partial charge is 0.496 e. The van der Waals surface area contributed by atoms with Crippen LogP contribution in [-0.4, -0.2) is 33.6 Å². The Morgan fingerprint density at radius 2 is 2.12 bits per heavy atom. The second-order valence-corrected chi connectivity index (χ2v) is 6.19. The number of aromatic nitrogens is 3. The van der Waals surface area contributed by atoms with Gasteiger partial charge in [0.25, 0.3) is 0 Å². The summed E-state index contributed by atoms with van der Waals surface area (Å²) < 4.78 is 7.27. The first kappa shape index (κ1) is 17.1. The van der Waals surface area contributed by atoms with Crippen molar-refractivity contribution in [1.29, 1.82) is 0 Å². The molecule has 0 saturated carbocycles. The fraction of sp³-hybridized carbons (Fsp3) is 0.444. The molecule has 2 heterocycles. The van der Waals surface area contributed by atoms with Gasteiger partial charge in [-0.05, 0) is 25.5 Å². The van der Waals surface area contributed by atoms with Crippen LogP contribution < -0.4 is 10.1 Å². The lowest BCUT2D eigenvalue weighted by Crippen LogP contribution is -2.25. The van der Waals surface area contributed by atoms with Gasteiger partial charge in [0.05, 0.1) is 19.2 Å². The standard InChI is InChI=1S/C18H22N4O3/c1-12-5-7-15(25-2)13(10-12)14(23)6-8-18(24)19-11-17-21-20-16-4-3-9-22(16)17/h5,7,10H,3-4,6,8-9,11H2,1-2H3,(H,19,24). The van der Waals surface area contributed by atoms with Crippen molar-refractivity contribution in [3.63, 3.8) is 0 Å². The Morgan fingerprint density at radius 3 is 2.92 bits per heavy atom. The van der Waals surface area contributed by atoms with E-state index in [0.717, 1.165) is 36.6 Å². The molecule has 0 atom stereocenters. The van der Waals surface area contributed by atoms with E-state index in [1.54, 1.807) is 12.1 Å². The molecule has 0 saturated heterocycles. The van der Waals surface area contributed by atoms with E-state index in [0.29, 0.717) is 17.9 Å². The number of Topliss-reactive ketones (excluding diaryl/α,β-unsaturated/α-hetero) is 1. The molecule has 1 aliphatic heterocycles. The van der Waals surface area contributed by atoms with Crippen LogP contribution in [0.1, 0.15) is 46.8 Å². The monoisotopic (exact) mass is 342 g/mol. The normalized spacial score (nSPS) is 12.7. The Kier molecular flexibility index (Phi) is 5.11. The minimum atomic E-state index is -0.171. The van der Waals surface area contributed by atoms with Gasteiger partial charge in [-0.1, -0.05) is 11.6 Å². The molecule has 1 aliphatic rings. The third-order valence-electron chi connectivity index (χ3n) is 4.36. The highest BCUT2D eigenvalue weighted by atomic mass is 16.5. The average Bonchev–Trinajstić information content (AvgIpc) is 3.21. The van der Waals surface area contributed by atoms with Gasteiger partial charge < -0.3 is 14.6 Å². The van der Waals surface area contributed by atoms with E-state index in [4.69, 9.17) is 4.74 Å². The molecule has 1 N–H and O–H groups in total. The lowest BCUT2D eigenvalue weighted by atomic mass is 10.0. The fourth-order valence-corrected chi connectivity index (χ4v) is 3.01. The number of nitrogens with one attached hydrogen (secondary N) is 1. The molecule has 0 fully saturated rings. The Bertz CT molecular complexity index is 798. The van der Waals surface area contributed by atoms with Gasteiger partial charge in [-0.15, -0.1) is 10.2 Å². The SMILES string of the molecule is COc1ccc(C)cc1C(=O)CCC(=O)NCc1nnc2n1CCC2.